The Balaban J connectivity index is 1.70. The third-order valence-corrected chi connectivity index (χ3v) is 5.95. The van der Waals surface area contributed by atoms with Crippen molar-refractivity contribution in [2.24, 2.45) is 0 Å². The van der Waals surface area contributed by atoms with Gasteiger partial charge in [-0.3, -0.25) is 4.79 Å². The van der Waals surface area contributed by atoms with Gasteiger partial charge in [0.05, 0.1) is 11.5 Å². The van der Waals surface area contributed by atoms with Crippen molar-refractivity contribution in [3.63, 3.8) is 0 Å². The molecular formula is C22H19N3OS. The van der Waals surface area contributed by atoms with Gasteiger partial charge < -0.3 is 10.6 Å². The Morgan fingerprint density at radius 3 is 2.30 bits per heavy atom. The van der Waals surface area contributed by atoms with Gasteiger partial charge in [-0.25, -0.2) is 0 Å². The highest BCUT2D eigenvalue weighted by atomic mass is 32.1. The van der Waals surface area contributed by atoms with Crippen LogP contribution in [0.2, 0.25) is 0 Å². The normalized spacial score (nSPS) is 13.0. The minimum Gasteiger partial charge on any atom is -0.316 e. The number of hydrogen-bond acceptors (Lipinski definition) is 4. The Kier molecular flexibility index (Phi) is 5.01. The Morgan fingerprint density at radius 2 is 1.70 bits per heavy atom. The average molecular weight is 373 g/mol. The van der Waals surface area contributed by atoms with Crippen LogP contribution in [0.4, 0.5) is 5.00 Å². The van der Waals surface area contributed by atoms with Crippen LogP contribution in [0.1, 0.15) is 33.0 Å². The molecule has 4 nitrogen and oxygen atoms in total. The van der Waals surface area contributed by atoms with Gasteiger partial charge in [0.15, 0.2) is 0 Å². The highest BCUT2D eigenvalue weighted by Crippen LogP contribution is 2.36. The maximum absolute atomic E-state index is 13.3. The van der Waals surface area contributed by atoms with Crippen LogP contribution in [0.3, 0.4) is 0 Å². The van der Waals surface area contributed by atoms with E-state index in [0.29, 0.717) is 10.6 Å². The summed E-state index contributed by atoms with van der Waals surface area (Å²) in [6.07, 6.45) is 0.825. The summed E-state index contributed by atoms with van der Waals surface area (Å²) in [5.74, 6) is -0.536. The number of nitriles is 1. The Bertz CT molecular complexity index is 950. The first-order valence-electron chi connectivity index (χ1n) is 8.94. The highest BCUT2D eigenvalue weighted by Gasteiger charge is 2.26. The molecule has 0 saturated heterocycles. The van der Waals surface area contributed by atoms with Crippen molar-refractivity contribution in [2.45, 2.75) is 18.9 Å². The van der Waals surface area contributed by atoms with Crippen LogP contribution in [0.15, 0.2) is 60.7 Å². The van der Waals surface area contributed by atoms with Crippen molar-refractivity contribution in [1.29, 1.82) is 5.26 Å². The van der Waals surface area contributed by atoms with E-state index in [9.17, 15) is 10.1 Å². The van der Waals surface area contributed by atoms with E-state index < -0.39 is 5.92 Å². The molecule has 0 atom stereocenters. The molecule has 2 N–H and O–H groups in total. The summed E-state index contributed by atoms with van der Waals surface area (Å²) < 4.78 is 0. The zero-order valence-electron chi connectivity index (χ0n) is 14.7. The topological polar surface area (TPSA) is 64.9 Å². The Labute approximate surface area is 162 Å². The number of benzene rings is 2. The number of fused-ring (bicyclic) bond motifs is 1. The largest absolute Gasteiger partial charge is 0.316 e. The lowest BCUT2D eigenvalue weighted by Gasteiger charge is -2.17. The van der Waals surface area contributed by atoms with Gasteiger partial charge in [-0.1, -0.05) is 60.7 Å². The van der Waals surface area contributed by atoms with Gasteiger partial charge in [0, 0.05) is 11.4 Å². The average Bonchev–Trinajstić information content (AvgIpc) is 3.06. The molecule has 4 rings (SSSR count). The monoisotopic (exact) mass is 373 g/mol. The van der Waals surface area contributed by atoms with Gasteiger partial charge >= 0.3 is 0 Å². The summed E-state index contributed by atoms with van der Waals surface area (Å²) in [5, 5.41) is 16.7. The summed E-state index contributed by atoms with van der Waals surface area (Å²) >= 11 is 1.51. The second kappa shape index (κ2) is 7.75. The summed E-state index contributed by atoms with van der Waals surface area (Å²) in [6.45, 7) is 1.62. The molecule has 2 aromatic carbocycles. The fourth-order valence-electron chi connectivity index (χ4n) is 3.51. The summed E-state index contributed by atoms with van der Waals surface area (Å²) in [7, 11) is 0. The van der Waals surface area contributed by atoms with E-state index in [1.165, 1.54) is 11.3 Å². The first kappa shape index (κ1) is 17.5. The maximum Gasteiger partial charge on any atom is 0.237 e. The van der Waals surface area contributed by atoms with Crippen molar-refractivity contribution in [3.8, 4) is 6.07 Å². The third kappa shape index (κ3) is 3.50. The molecular weight excluding hydrogens is 354 g/mol. The standard InChI is InChI=1S/C22H19N3OS/c23-13-18-17-11-12-24-14-19(17)27-22(18)25-21(26)20(15-7-3-1-4-8-15)16-9-5-2-6-10-16/h1-10,20,24H,11-12,14H2,(H,25,26). The predicted octanol–water partition coefficient (Wildman–Crippen LogP) is 4.04. The second-order valence-electron chi connectivity index (χ2n) is 6.49. The number of hydrogen-bond donors (Lipinski definition) is 2. The molecule has 27 heavy (non-hydrogen) atoms. The Morgan fingerprint density at radius 1 is 1.07 bits per heavy atom. The number of anilines is 1. The van der Waals surface area contributed by atoms with Crippen molar-refractivity contribution < 1.29 is 4.79 Å². The first-order valence-corrected chi connectivity index (χ1v) is 9.75. The molecule has 1 aliphatic rings. The second-order valence-corrected chi connectivity index (χ2v) is 7.60. The van der Waals surface area contributed by atoms with Gasteiger partial charge in [-0.15, -0.1) is 11.3 Å². The number of nitrogens with zero attached hydrogens (tertiary/aromatic N) is 1. The molecule has 134 valence electrons. The van der Waals surface area contributed by atoms with Crippen LogP contribution in [-0.2, 0) is 17.8 Å². The van der Waals surface area contributed by atoms with E-state index in [1.807, 2.05) is 60.7 Å². The van der Waals surface area contributed by atoms with E-state index >= 15 is 0 Å². The van der Waals surface area contributed by atoms with Crippen LogP contribution >= 0.6 is 11.3 Å². The highest BCUT2D eigenvalue weighted by molar-refractivity contribution is 7.16. The number of thiophene rings is 1. The van der Waals surface area contributed by atoms with E-state index in [4.69, 9.17) is 0 Å². The third-order valence-electron chi connectivity index (χ3n) is 4.80. The first-order chi connectivity index (χ1) is 13.3. The van der Waals surface area contributed by atoms with Gasteiger partial charge in [0.2, 0.25) is 5.91 Å². The molecule has 5 heteroatoms. The number of nitrogens with one attached hydrogen (secondary N) is 2. The van der Waals surface area contributed by atoms with Gasteiger partial charge in [0.25, 0.3) is 0 Å². The number of rotatable bonds is 4. The van der Waals surface area contributed by atoms with E-state index in [2.05, 4.69) is 16.7 Å². The molecule has 0 spiro atoms. The quantitative estimate of drug-likeness (QED) is 0.725. The number of carbonyl (C=O) groups excluding carboxylic acids is 1. The molecule has 0 bridgehead atoms. The molecule has 2 heterocycles. The lowest BCUT2D eigenvalue weighted by Crippen LogP contribution is -2.23. The zero-order valence-corrected chi connectivity index (χ0v) is 15.6. The number of amides is 1. The fourth-order valence-corrected chi connectivity index (χ4v) is 4.68. The SMILES string of the molecule is N#Cc1c(NC(=O)C(c2ccccc2)c2ccccc2)sc2c1CCNC2. The van der Waals surface area contributed by atoms with Gasteiger partial charge in [-0.2, -0.15) is 5.26 Å². The van der Waals surface area contributed by atoms with Crippen LogP contribution < -0.4 is 10.6 Å². The minimum atomic E-state index is -0.420. The van der Waals surface area contributed by atoms with E-state index in [-0.39, 0.29) is 5.91 Å². The van der Waals surface area contributed by atoms with Crippen molar-refractivity contribution >= 4 is 22.2 Å². The van der Waals surface area contributed by atoms with Crippen molar-refractivity contribution in [2.75, 3.05) is 11.9 Å². The smallest absolute Gasteiger partial charge is 0.237 e. The van der Waals surface area contributed by atoms with E-state index in [0.717, 1.165) is 41.1 Å². The molecule has 0 fully saturated rings. The molecule has 3 aromatic rings. The van der Waals surface area contributed by atoms with Crippen LogP contribution in [0, 0.1) is 11.3 Å². The molecule has 1 aliphatic heterocycles. The summed E-state index contributed by atoms with van der Waals surface area (Å²) in [6, 6.07) is 21.8. The lowest BCUT2D eigenvalue weighted by molar-refractivity contribution is -0.116. The van der Waals surface area contributed by atoms with E-state index in [1.54, 1.807) is 0 Å². The molecule has 1 aromatic heterocycles. The molecule has 0 unspecified atom stereocenters. The predicted molar refractivity (Wildman–Crippen MR) is 108 cm³/mol. The Hall–Kier alpha value is -2.94. The zero-order chi connectivity index (χ0) is 18.6. The number of carbonyl (C=O) groups is 1. The minimum absolute atomic E-state index is 0.115. The molecule has 1 amide bonds. The van der Waals surface area contributed by atoms with Crippen molar-refractivity contribution in [3.05, 3.63) is 87.8 Å². The fraction of sp³-hybridized carbons (Fsp3) is 0.182. The summed E-state index contributed by atoms with van der Waals surface area (Å²) in [5.41, 5.74) is 3.56. The van der Waals surface area contributed by atoms with Crippen LogP contribution in [-0.4, -0.2) is 12.5 Å². The van der Waals surface area contributed by atoms with Crippen molar-refractivity contribution in [1.82, 2.24) is 5.32 Å². The van der Waals surface area contributed by atoms with Crippen LogP contribution in [0.5, 0.6) is 0 Å². The molecule has 0 aliphatic carbocycles. The maximum atomic E-state index is 13.3. The molecule has 0 radical (unpaired) electrons. The lowest BCUT2D eigenvalue weighted by atomic mass is 9.90. The summed E-state index contributed by atoms with van der Waals surface area (Å²) in [4.78, 5) is 14.4. The van der Waals surface area contributed by atoms with Gasteiger partial charge in [0.1, 0.15) is 11.1 Å². The molecule has 0 saturated carbocycles. The van der Waals surface area contributed by atoms with Crippen LogP contribution in [0.25, 0.3) is 0 Å². The van der Waals surface area contributed by atoms with Gasteiger partial charge in [-0.05, 0) is 29.7 Å².